The summed E-state index contributed by atoms with van der Waals surface area (Å²) >= 11 is 0. The number of hydrogen-bond acceptors (Lipinski definition) is 4. The Morgan fingerprint density at radius 3 is 2.20 bits per heavy atom. The van der Waals surface area contributed by atoms with Crippen LogP contribution in [0.1, 0.15) is 25.1 Å². The van der Waals surface area contributed by atoms with Crippen molar-refractivity contribution in [1.82, 2.24) is 4.98 Å². The zero-order chi connectivity index (χ0) is 15.6. The lowest BCUT2D eigenvalue weighted by Gasteiger charge is -2.16. The van der Waals surface area contributed by atoms with Gasteiger partial charge in [-0.1, -0.05) is 0 Å². The van der Waals surface area contributed by atoms with E-state index in [1.54, 1.807) is 0 Å². The van der Waals surface area contributed by atoms with Crippen molar-refractivity contribution in [3.05, 3.63) is 29.6 Å². The number of carbonyl (C=O) groups is 2. The fourth-order valence-electron chi connectivity index (χ4n) is 1.29. The van der Waals surface area contributed by atoms with E-state index in [9.17, 15) is 27.2 Å². The first-order valence-electron chi connectivity index (χ1n) is 5.55. The van der Waals surface area contributed by atoms with Crippen molar-refractivity contribution in [3.63, 3.8) is 0 Å². The molecule has 0 atom stereocenters. The number of Topliss-reactive ketones (excluding diaryl/α,β-unsaturated/α-hetero) is 1. The van der Waals surface area contributed by atoms with Crippen LogP contribution in [0.2, 0.25) is 0 Å². The molecule has 1 heterocycles. The molecule has 0 amide bonds. The standard InChI is InChI=1S/C12H11F4NO3/c1-3-20-10(19)12(15,16)9-5-4-8(6-17-9)11(13,14)7(2)18/h4-6H,3H2,1-2H3. The molecule has 1 aromatic rings. The van der Waals surface area contributed by atoms with Crippen molar-refractivity contribution in [2.24, 2.45) is 0 Å². The summed E-state index contributed by atoms with van der Waals surface area (Å²) in [5.41, 5.74) is -1.85. The number of aromatic nitrogens is 1. The van der Waals surface area contributed by atoms with Gasteiger partial charge in [-0.2, -0.15) is 17.6 Å². The van der Waals surface area contributed by atoms with Gasteiger partial charge in [0.1, 0.15) is 5.69 Å². The molecule has 0 aliphatic rings. The second kappa shape index (κ2) is 5.56. The lowest BCUT2D eigenvalue weighted by atomic mass is 10.1. The van der Waals surface area contributed by atoms with Crippen LogP contribution in [-0.4, -0.2) is 23.3 Å². The van der Waals surface area contributed by atoms with E-state index in [0.717, 1.165) is 0 Å². The van der Waals surface area contributed by atoms with Crippen molar-refractivity contribution < 1.29 is 31.9 Å². The van der Waals surface area contributed by atoms with E-state index >= 15 is 0 Å². The van der Waals surface area contributed by atoms with Crippen molar-refractivity contribution in [3.8, 4) is 0 Å². The maximum atomic E-state index is 13.5. The van der Waals surface area contributed by atoms with E-state index in [1.165, 1.54) is 6.92 Å². The Bertz CT molecular complexity index is 514. The highest BCUT2D eigenvalue weighted by molar-refractivity contribution is 5.84. The summed E-state index contributed by atoms with van der Waals surface area (Å²) in [5.74, 6) is -11.1. The molecule has 8 heteroatoms. The highest BCUT2D eigenvalue weighted by Gasteiger charge is 2.45. The number of rotatable bonds is 5. The summed E-state index contributed by atoms with van der Waals surface area (Å²) in [7, 11) is 0. The molecular formula is C12H11F4NO3. The van der Waals surface area contributed by atoms with E-state index in [-0.39, 0.29) is 6.61 Å². The second-order valence-electron chi connectivity index (χ2n) is 3.86. The number of esters is 1. The maximum absolute atomic E-state index is 13.5. The van der Waals surface area contributed by atoms with Crippen molar-refractivity contribution in [2.45, 2.75) is 25.7 Å². The topological polar surface area (TPSA) is 56.3 Å². The Labute approximate surface area is 111 Å². The molecule has 20 heavy (non-hydrogen) atoms. The number of hydrogen-bond donors (Lipinski definition) is 0. The smallest absolute Gasteiger partial charge is 0.384 e. The Hall–Kier alpha value is -1.99. The number of alkyl halides is 4. The molecule has 0 saturated heterocycles. The molecule has 0 saturated carbocycles. The van der Waals surface area contributed by atoms with Gasteiger partial charge in [-0.3, -0.25) is 9.78 Å². The predicted molar refractivity (Wildman–Crippen MR) is 59.3 cm³/mol. The van der Waals surface area contributed by atoms with Crippen molar-refractivity contribution in [1.29, 1.82) is 0 Å². The molecule has 0 radical (unpaired) electrons. The quantitative estimate of drug-likeness (QED) is 0.618. The maximum Gasteiger partial charge on any atom is 0.384 e. The number of ether oxygens (including phenoxy) is 1. The first-order chi connectivity index (χ1) is 9.14. The minimum Gasteiger partial charge on any atom is -0.461 e. The zero-order valence-corrected chi connectivity index (χ0v) is 10.6. The number of pyridine rings is 1. The lowest BCUT2D eigenvalue weighted by Crippen LogP contribution is -2.30. The highest BCUT2D eigenvalue weighted by Crippen LogP contribution is 2.32. The third-order valence-corrected chi connectivity index (χ3v) is 2.42. The van der Waals surface area contributed by atoms with Crippen LogP contribution >= 0.6 is 0 Å². The molecule has 0 bridgehead atoms. The molecule has 0 aliphatic carbocycles. The molecule has 0 fully saturated rings. The summed E-state index contributed by atoms with van der Waals surface area (Å²) in [6.07, 6.45) is 0.434. The van der Waals surface area contributed by atoms with Gasteiger partial charge >= 0.3 is 17.8 Å². The zero-order valence-electron chi connectivity index (χ0n) is 10.6. The van der Waals surface area contributed by atoms with Gasteiger partial charge in [-0.15, -0.1) is 0 Å². The number of ketones is 1. The minimum absolute atomic E-state index is 0.255. The largest absolute Gasteiger partial charge is 0.461 e. The van der Waals surface area contributed by atoms with E-state index in [2.05, 4.69) is 9.72 Å². The van der Waals surface area contributed by atoms with Gasteiger partial charge in [0.15, 0.2) is 0 Å². The molecule has 110 valence electrons. The Morgan fingerprint density at radius 1 is 1.20 bits per heavy atom. The van der Waals surface area contributed by atoms with Crippen LogP contribution < -0.4 is 0 Å². The van der Waals surface area contributed by atoms with Gasteiger partial charge in [0.2, 0.25) is 5.78 Å². The molecule has 0 aliphatic heterocycles. The summed E-state index contributed by atoms with van der Waals surface area (Å²) in [5, 5.41) is 0. The third-order valence-electron chi connectivity index (χ3n) is 2.42. The lowest BCUT2D eigenvalue weighted by molar-refractivity contribution is -0.173. The van der Waals surface area contributed by atoms with Crippen LogP contribution in [0.15, 0.2) is 18.3 Å². The normalized spacial score (nSPS) is 12.1. The van der Waals surface area contributed by atoms with Gasteiger partial charge < -0.3 is 4.74 Å². The summed E-state index contributed by atoms with van der Waals surface area (Å²) in [6, 6.07) is 1.18. The average Bonchev–Trinajstić information content (AvgIpc) is 2.38. The molecule has 0 N–H and O–H groups in total. The summed E-state index contributed by atoms with van der Waals surface area (Å²) in [4.78, 5) is 24.9. The van der Waals surface area contributed by atoms with Crippen LogP contribution in [0.3, 0.4) is 0 Å². The Morgan fingerprint density at radius 2 is 1.80 bits per heavy atom. The summed E-state index contributed by atoms with van der Waals surface area (Å²) < 4.78 is 57.9. The van der Waals surface area contributed by atoms with E-state index in [0.29, 0.717) is 25.3 Å². The van der Waals surface area contributed by atoms with Gasteiger partial charge in [-0.05, 0) is 19.1 Å². The molecule has 0 aromatic carbocycles. The molecular weight excluding hydrogens is 282 g/mol. The summed E-state index contributed by atoms with van der Waals surface area (Å²) in [6.45, 7) is 1.76. The van der Waals surface area contributed by atoms with Crippen LogP contribution in [0.4, 0.5) is 17.6 Å². The van der Waals surface area contributed by atoms with Crippen molar-refractivity contribution in [2.75, 3.05) is 6.61 Å². The number of carbonyl (C=O) groups excluding carboxylic acids is 2. The molecule has 4 nitrogen and oxygen atoms in total. The monoisotopic (exact) mass is 293 g/mol. The second-order valence-corrected chi connectivity index (χ2v) is 3.86. The van der Waals surface area contributed by atoms with Crippen LogP contribution in [0.25, 0.3) is 0 Å². The van der Waals surface area contributed by atoms with Crippen LogP contribution in [0.5, 0.6) is 0 Å². The molecule has 1 rings (SSSR count). The minimum atomic E-state index is -4.04. The van der Waals surface area contributed by atoms with Gasteiger partial charge in [0.05, 0.1) is 6.61 Å². The molecule has 0 spiro atoms. The number of nitrogens with zero attached hydrogens (tertiary/aromatic N) is 1. The Balaban J connectivity index is 3.08. The van der Waals surface area contributed by atoms with Crippen LogP contribution in [0, 0.1) is 0 Å². The molecule has 0 unspecified atom stereocenters. The van der Waals surface area contributed by atoms with Crippen LogP contribution in [-0.2, 0) is 26.2 Å². The fraction of sp³-hybridized carbons (Fsp3) is 0.417. The van der Waals surface area contributed by atoms with Crippen molar-refractivity contribution >= 4 is 11.8 Å². The average molecular weight is 293 g/mol. The predicted octanol–water partition coefficient (Wildman–Crippen LogP) is 2.42. The molecule has 1 aromatic heterocycles. The fourth-order valence-corrected chi connectivity index (χ4v) is 1.29. The van der Waals surface area contributed by atoms with Gasteiger partial charge in [0.25, 0.3) is 0 Å². The van der Waals surface area contributed by atoms with E-state index in [4.69, 9.17) is 0 Å². The van der Waals surface area contributed by atoms with E-state index < -0.39 is 34.9 Å². The first-order valence-corrected chi connectivity index (χ1v) is 5.55. The SMILES string of the molecule is CCOC(=O)C(F)(F)c1ccc(C(F)(F)C(C)=O)cn1. The van der Waals surface area contributed by atoms with Gasteiger partial charge in [0, 0.05) is 18.7 Å². The Kier molecular flexibility index (Phi) is 4.46. The first kappa shape index (κ1) is 16.1. The highest BCUT2D eigenvalue weighted by atomic mass is 19.3. The number of halogens is 4. The van der Waals surface area contributed by atoms with Gasteiger partial charge in [-0.25, -0.2) is 4.79 Å². The van der Waals surface area contributed by atoms with E-state index in [1.807, 2.05) is 0 Å². The third kappa shape index (κ3) is 2.94.